The quantitative estimate of drug-likeness (QED) is 0.300. The molecule has 0 aliphatic rings. The third kappa shape index (κ3) is 10.3. The van der Waals surface area contributed by atoms with Crippen LogP contribution in [0.2, 0.25) is 0 Å². The number of rotatable bonds is 12. The molecular weight excluding hydrogens is 326 g/mol. The monoisotopic (exact) mass is 370 g/mol. The molecule has 0 saturated heterocycles. The van der Waals surface area contributed by atoms with E-state index in [1.54, 1.807) is 6.92 Å². The van der Waals surface area contributed by atoms with Crippen LogP contribution in [-0.2, 0) is 0 Å². The summed E-state index contributed by atoms with van der Waals surface area (Å²) >= 11 is 0. The van der Waals surface area contributed by atoms with Crippen LogP contribution in [0.5, 0.6) is 0 Å². The van der Waals surface area contributed by atoms with E-state index in [0.717, 1.165) is 18.8 Å². The van der Waals surface area contributed by atoms with Crippen molar-refractivity contribution in [1.29, 1.82) is 0 Å². The van der Waals surface area contributed by atoms with Gasteiger partial charge in [-0.2, -0.15) is 0 Å². The Bertz CT molecular complexity index is 433. The van der Waals surface area contributed by atoms with Crippen molar-refractivity contribution in [3.63, 3.8) is 0 Å². The minimum absolute atomic E-state index is 0.0513. The topological polar surface area (TPSA) is 0 Å². The maximum absolute atomic E-state index is 14.2. The summed E-state index contributed by atoms with van der Waals surface area (Å²) in [4.78, 5) is 0. The van der Waals surface area contributed by atoms with Crippen LogP contribution in [0.1, 0.15) is 93.9 Å². The summed E-state index contributed by atoms with van der Waals surface area (Å²) in [7, 11) is 0. The van der Waals surface area contributed by atoms with Crippen molar-refractivity contribution in [2.75, 3.05) is 0 Å². The molecule has 0 N–H and O–H groups in total. The van der Waals surface area contributed by atoms with Gasteiger partial charge in [-0.05, 0) is 54.1 Å². The summed E-state index contributed by atoms with van der Waals surface area (Å²) in [5.74, 6) is 0.344. The molecule has 0 aliphatic heterocycles. The molecule has 0 spiro atoms. The molecule has 4 unspecified atom stereocenters. The van der Waals surface area contributed by atoms with Crippen molar-refractivity contribution in [3.05, 3.63) is 36.0 Å². The highest BCUT2D eigenvalue weighted by atomic mass is 19.2. The predicted octanol–water partition coefficient (Wildman–Crippen LogP) is 9.20. The van der Waals surface area contributed by atoms with Crippen LogP contribution in [0, 0.1) is 23.7 Å². The van der Waals surface area contributed by atoms with Gasteiger partial charge >= 0.3 is 0 Å². The maximum Gasteiger partial charge on any atom is 0.161 e. The lowest BCUT2D eigenvalue weighted by atomic mass is 9.83. The number of halogens is 2. The average Bonchev–Trinajstić information content (AvgIpc) is 2.68. The predicted molar refractivity (Wildman–Crippen MR) is 115 cm³/mol. The lowest BCUT2D eigenvalue weighted by Crippen LogP contribution is -2.12. The Labute approximate surface area is 162 Å². The van der Waals surface area contributed by atoms with Gasteiger partial charge in [0.25, 0.3) is 0 Å². The van der Waals surface area contributed by atoms with E-state index in [0.29, 0.717) is 18.3 Å². The fourth-order valence-electron chi connectivity index (χ4n) is 2.68. The van der Waals surface area contributed by atoms with Crippen LogP contribution in [0.15, 0.2) is 36.0 Å². The summed E-state index contributed by atoms with van der Waals surface area (Å²) in [5, 5.41) is 0. The summed E-state index contributed by atoms with van der Waals surface area (Å²) in [6.07, 6.45) is 6.01. The highest BCUT2D eigenvalue weighted by Gasteiger charge is 2.19. The van der Waals surface area contributed by atoms with Gasteiger partial charge in [-0.3, -0.25) is 0 Å². The summed E-state index contributed by atoms with van der Waals surface area (Å²) in [5.41, 5.74) is 0.467. The minimum atomic E-state index is -0.829. The van der Waals surface area contributed by atoms with Gasteiger partial charge < -0.3 is 0 Å². The normalized spacial score (nSPS) is 16.5. The zero-order valence-electron chi connectivity index (χ0n) is 18.7. The maximum atomic E-state index is 14.2. The number of hydrogen-bond donors (Lipinski definition) is 0. The fraction of sp³-hybridized carbons (Fsp3) is 0.750. The molecule has 0 aromatic rings. The number of allylic oxidation sites excluding steroid dienone is 4. The van der Waals surface area contributed by atoms with Gasteiger partial charge in [0, 0.05) is 0 Å². The van der Waals surface area contributed by atoms with Gasteiger partial charge in [-0.15, -0.1) is 0 Å². The lowest BCUT2D eigenvalue weighted by molar-refractivity contribution is 0.299. The van der Waals surface area contributed by atoms with Crippen LogP contribution in [0.4, 0.5) is 8.78 Å². The SMILES string of the molecule is C=C(CC)/C(F)=C(/F)C(=C)C(C)CCC(C)C(C)CCC(C)CC.CC. The molecule has 154 valence electrons. The van der Waals surface area contributed by atoms with Gasteiger partial charge in [-0.25, -0.2) is 8.78 Å². The Morgan fingerprint density at radius 3 is 1.65 bits per heavy atom. The molecule has 2 heteroatoms. The Kier molecular flexibility index (Phi) is 15.9. The molecule has 0 fully saturated rings. The van der Waals surface area contributed by atoms with Crippen molar-refractivity contribution in [2.45, 2.75) is 93.9 Å². The first-order valence-corrected chi connectivity index (χ1v) is 10.6. The van der Waals surface area contributed by atoms with Crippen molar-refractivity contribution < 1.29 is 8.78 Å². The van der Waals surface area contributed by atoms with E-state index in [2.05, 4.69) is 40.9 Å². The molecule has 0 nitrogen and oxygen atoms in total. The first-order chi connectivity index (χ1) is 12.1. The van der Waals surface area contributed by atoms with Crippen molar-refractivity contribution in [2.24, 2.45) is 23.7 Å². The lowest BCUT2D eigenvalue weighted by Gasteiger charge is -2.23. The Balaban J connectivity index is 0. The largest absolute Gasteiger partial charge is 0.203 e. The van der Waals surface area contributed by atoms with Crippen LogP contribution < -0.4 is 0 Å². The van der Waals surface area contributed by atoms with Gasteiger partial charge in [-0.1, -0.05) is 87.8 Å². The highest BCUT2D eigenvalue weighted by molar-refractivity contribution is 5.35. The van der Waals surface area contributed by atoms with E-state index in [-0.39, 0.29) is 17.1 Å². The molecule has 26 heavy (non-hydrogen) atoms. The second-order valence-corrected chi connectivity index (χ2v) is 7.63. The van der Waals surface area contributed by atoms with Crippen LogP contribution >= 0.6 is 0 Å². The van der Waals surface area contributed by atoms with Crippen LogP contribution in [0.25, 0.3) is 0 Å². The molecule has 0 heterocycles. The molecule has 0 aliphatic carbocycles. The summed E-state index contributed by atoms with van der Waals surface area (Å²) in [6.45, 7) is 24.1. The van der Waals surface area contributed by atoms with Gasteiger partial charge in [0.05, 0.1) is 0 Å². The van der Waals surface area contributed by atoms with Crippen LogP contribution in [-0.4, -0.2) is 0 Å². The standard InChI is InChI=1S/C22H38F2.C2H6/c1-9-15(3)11-12-17(5)18(6)13-14-19(7)20(8)22(24)21(23)16(4)10-2;1-2/h15,17-19H,4,8-14H2,1-3,5-7H3;1-2H3/b22-21-;. The average molecular weight is 371 g/mol. The number of hydrogen-bond acceptors (Lipinski definition) is 0. The molecule has 0 amide bonds. The first-order valence-electron chi connectivity index (χ1n) is 10.6. The molecular formula is C24H44F2. The molecule has 0 aromatic carbocycles. The van der Waals surface area contributed by atoms with E-state index in [1.165, 1.54) is 19.3 Å². The van der Waals surface area contributed by atoms with Crippen molar-refractivity contribution in [3.8, 4) is 0 Å². The summed E-state index contributed by atoms with van der Waals surface area (Å²) < 4.78 is 28.0. The third-order valence-corrected chi connectivity index (χ3v) is 5.64. The second kappa shape index (κ2) is 15.2. The Morgan fingerprint density at radius 1 is 0.769 bits per heavy atom. The van der Waals surface area contributed by atoms with Crippen LogP contribution in [0.3, 0.4) is 0 Å². The van der Waals surface area contributed by atoms with E-state index < -0.39 is 11.7 Å². The zero-order valence-corrected chi connectivity index (χ0v) is 18.7. The van der Waals surface area contributed by atoms with Crippen molar-refractivity contribution >= 4 is 0 Å². The van der Waals surface area contributed by atoms with E-state index in [1.807, 2.05) is 20.8 Å². The highest BCUT2D eigenvalue weighted by Crippen LogP contribution is 2.32. The minimum Gasteiger partial charge on any atom is -0.203 e. The molecule has 0 bridgehead atoms. The smallest absolute Gasteiger partial charge is 0.161 e. The Hall–Kier alpha value is -0.920. The van der Waals surface area contributed by atoms with E-state index in [4.69, 9.17) is 0 Å². The molecule has 0 rings (SSSR count). The zero-order chi connectivity index (χ0) is 20.9. The van der Waals surface area contributed by atoms with Gasteiger partial charge in [0.2, 0.25) is 0 Å². The second-order valence-electron chi connectivity index (χ2n) is 7.63. The fourth-order valence-corrected chi connectivity index (χ4v) is 2.68. The first kappa shape index (κ1) is 27.3. The van der Waals surface area contributed by atoms with Crippen molar-refractivity contribution in [1.82, 2.24) is 0 Å². The van der Waals surface area contributed by atoms with Gasteiger partial charge in [0.15, 0.2) is 11.7 Å². The molecule has 4 atom stereocenters. The van der Waals surface area contributed by atoms with E-state index >= 15 is 0 Å². The summed E-state index contributed by atoms with van der Waals surface area (Å²) in [6, 6.07) is 0. The van der Waals surface area contributed by atoms with E-state index in [9.17, 15) is 8.78 Å². The van der Waals surface area contributed by atoms with Gasteiger partial charge in [0.1, 0.15) is 0 Å². The molecule has 0 saturated carbocycles. The Morgan fingerprint density at radius 2 is 1.23 bits per heavy atom. The molecule has 0 aromatic heterocycles. The molecule has 0 radical (unpaired) electrons. The third-order valence-electron chi connectivity index (χ3n) is 5.64.